The van der Waals surface area contributed by atoms with Crippen molar-refractivity contribution in [2.45, 2.75) is 38.6 Å². The van der Waals surface area contributed by atoms with Crippen molar-refractivity contribution >= 4 is 17.0 Å². The van der Waals surface area contributed by atoms with Crippen molar-refractivity contribution in [2.75, 3.05) is 14.2 Å². The van der Waals surface area contributed by atoms with Gasteiger partial charge in [0, 0.05) is 17.2 Å². The molecule has 0 unspecified atom stereocenters. The van der Waals surface area contributed by atoms with Crippen LogP contribution in [0.3, 0.4) is 0 Å². The largest absolute Gasteiger partial charge is 0.497 e. The number of methoxy groups -OCH3 is 2. The maximum atomic E-state index is 13.2. The number of carbonyl (C=O) groups excluding carboxylic acids is 1. The minimum atomic E-state index is -0.287. The predicted molar refractivity (Wildman–Crippen MR) is 104 cm³/mol. The van der Waals surface area contributed by atoms with Crippen molar-refractivity contribution < 1.29 is 18.8 Å². The first-order chi connectivity index (χ1) is 13.5. The van der Waals surface area contributed by atoms with Gasteiger partial charge in [-0.05, 0) is 51.0 Å². The minimum absolute atomic E-state index is 0.196. The number of pyridine rings is 1. The van der Waals surface area contributed by atoms with E-state index >= 15 is 0 Å². The molecule has 2 heterocycles. The van der Waals surface area contributed by atoms with Gasteiger partial charge in [0.25, 0.3) is 11.6 Å². The second kappa shape index (κ2) is 7.14. The molecule has 28 heavy (non-hydrogen) atoms. The van der Waals surface area contributed by atoms with Gasteiger partial charge < -0.3 is 19.3 Å². The zero-order valence-electron chi connectivity index (χ0n) is 16.4. The Morgan fingerprint density at radius 3 is 2.71 bits per heavy atom. The van der Waals surface area contributed by atoms with Gasteiger partial charge >= 0.3 is 0 Å². The van der Waals surface area contributed by atoms with E-state index in [-0.39, 0.29) is 11.9 Å². The van der Waals surface area contributed by atoms with Crippen molar-refractivity contribution in [1.29, 1.82) is 0 Å². The maximum absolute atomic E-state index is 13.2. The smallest absolute Gasteiger partial charge is 0.259 e. The molecule has 1 N–H and O–H groups in total. The second-order valence-corrected chi connectivity index (χ2v) is 7.12. The topological polar surface area (TPSA) is 86.5 Å². The Morgan fingerprint density at radius 2 is 2.04 bits per heavy atom. The number of amides is 1. The number of carbonyl (C=O) groups is 1. The summed E-state index contributed by atoms with van der Waals surface area (Å²) in [4.78, 5) is 17.7. The van der Waals surface area contributed by atoms with Gasteiger partial charge in [0.1, 0.15) is 11.5 Å². The third-order valence-electron chi connectivity index (χ3n) is 5.13. The molecule has 3 aromatic rings. The quantitative estimate of drug-likeness (QED) is 0.696. The SMILES string of the molecule is COc1ccc(OC)c([C@H](C)NC(=O)c2cc(C3CC3)nc3onc(C)c23)c1. The molecule has 4 rings (SSSR count). The van der Waals surface area contributed by atoms with Gasteiger partial charge in [0.05, 0.1) is 36.9 Å². The van der Waals surface area contributed by atoms with Gasteiger partial charge in [-0.25, -0.2) is 4.98 Å². The highest BCUT2D eigenvalue weighted by Gasteiger charge is 2.29. The van der Waals surface area contributed by atoms with E-state index in [4.69, 9.17) is 14.0 Å². The van der Waals surface area contributed by atoms with E-state index in [9.17, 15) is 4.79 Å². The van der Waals surface area contributed by atoms with E-state index in [2.05, 4.69) is 15.5 Å². The van der Waals surface area contributed by atoms with Crippen molar-refractivity contribution in [2.24, 2.45) is 0 Å². The summed E-state index contributed by atoms with van der Waals surface area (Å²) in [5.41, 5.74) is 3.34. The molecular weight excluding hydrogens is 358 g/mol. The lowest BCUT2D eigenvalue weighted by Crippen LogP contribution is -2.27. The molecular formula is C21H23N3O4. The van der Waals surface area contributed by atoms with Crippen LogP contribution in [0.25, 0.3) is 11.1 Å². The van der Waals surface area contributed by atoms with Gasteiger partial charge in [0.2, 0.25) is 0 Å². The van der Waals surface area contributed by atoms with Gasteiger partial charge in [0.15, 0.2) is 0 Å². The Labute approximate surface area is 163 Å². The summed E-state index contributed by atoms with van der Waals surface area (Å²) < 4.78 is 16.1. The van der Waals surface area contributed by atoms with Crippen LogP contribution in [0, 0.1) is 6.92 Å². The monoisotopic (exact) mass is 381 g/mol. The van der Waals surface area contributed by atoms with Crippen LogP contribution in [0.4, 0.5) is 0 Å². The predicted octanol–water partition coefficient (Wildman–Crippen LogP) is 3.92. The molecule has 1 fully saturated rings. The van der Waals surface area contributed by atoms with Crippen LogP contribution in [0.5, 0.6) is 11.5 Å². The highest BCUT2D eigenvalue weighted by molar-refractivity contribution is 6.06. The number of nitrogens with zero attached hydrogens (tertiary/aromatic N) is 2. The molecule has 0 bridgehead atoms. The molecule has 0 saturated heterocycles. The average Bonchev–Trinajstić information content (AvgIpc) is 3.50. The number of aromatic nitrogens is 2. The summed E-state index contributed by atoms with van der Waals surface area (Å²) >= 11 is 0. The van der Waals surface area contributed by atoms with Crippen LogP contribution >= 0.6 is 0 Å². The molecule has 7 heteroatoms. The molecule has 7 nitrogen and oxygen atoms in total. The first kappa shape index (κ1) is 18.3. The molecule has 1 aliphatic carbocycles. The van der Waals surface area contributed by atoms with E-state index < -0.39 is 0 Å². The van der Waals surface area contributed by atoms with E-state index in [0.29, 0.717) is 39.8 Å². The fraction of sp³-hybridized carbons (Fsp3) is 0.381. The van der Waals surface area contributed by atoms with Crippen molar-refractivity contribution in [1.82, 2.24) is 15.5 Å². The van der Waals surface area contributed by atoms with Crippen molar-refractivity contribution in [3.63, 3.8) is 0 Å². The highest BCUT2D eigenvalue weighted by Crippen LogP contribution is 2.40. The van der Waals surface area contributed by atoms with Crippen molar-refractivity contribution in [3.05, 3.63) is 46.8 Å². The molecule has 1 aliphatic rings. The number of hydrogen-bond donors (Lipinski definition) is 1. The molecule has 0 aliphatic heterocycles. The van der Waals surface area contributed by atoms with Gasteiger partial charge in [-0.3, -0.25) is 4.79 Å². The van der Waals surface area contributed by atoms with Crippen LogP contribution in [-0.2, 0) is 0 Å². The molecule has 1 atom stereocenters. The number of nitrogens with one attached hydrogen (secondary N) is 1. The molecule has 1 amide bonds. The normalized spacial score (nSPS) is 14.7. The van der Waals surface area contributed by atoms with E-state index in [1.807, 2.05) is 38.1 Å². The average molecular weight is 381 g/mol. The fourth-order valence-corrected chi connectivity index (χ4v) is 3.41. The van der Waals surface area contributed by atoms with Crippen LogP contribution in [0.15, 0.2) is 28.8 Å². The van der Waals surface area contributed by atoms with E-state index in [0.717, 1.165) is 24.1 Å². The summed E-state index contributed by atoms with van der Waals surface area (Å²) in [5, 5.41) is 7.71. The summed E-state index contributed by atoms with van der Waals surface area (Å²) in [6.07, 6.45) is 2.17. The summed E-state index contributed by atoms with van der Waals surface area (Å²) in [5.74, 6) is 1.60. The Hall–Kier alpha value is -3.09. The minimum Gasteiger partial charge on any atom is -0.497 e. The number of benzene rings is 1. The third kappa shape index (κ3) is 3.28. The van der Waals surface area contributed by atoms with Gasteiger partial charge in [-0.2, -0.15) is 0 Å². The second-order valence-electron chi connectivity index (χ2n) is 7.12. The van der Waals surface area contributed by atoms with Crippen LogP contribution < -0.4 is 14.8 Å². The van der Waals surface area contributed by atoms with Crippen LogP contribution in [-0.4, -0.2) is 30.3 Å². The molecule has 1 aromatic carbocycles. The number of ether oxygens (including phenoxy) is 2. The van der Waals surface area contributed by atoms with E-state index in [1.54, 1.807) is 14.2 Å². The first-order valence-corrected chi connectivity index (χ1v) is 9.31. The Morgan fingerprint density at radius 1 is 1.25 bits per heavy atom. The Balaban J connectivity index is 1.68. The molecule has 2 aromatic heterocycles. The lowest BCUT2D eigenvalue weighted by atomic mass is 10.0. The maximum Gasteiger partial charge on any atom is 0.259 e. The van der Waals surface area contributed by atoms with Crippen LogP contribution in [0.2, 0.25) is 0 Å². The van der Waals surface area contributed by atoms with E-state index in [1.165, 1.54) is 0 Å². The number of fused-ring (bicyclic) bond motifs is 1. The summed E-state index contributed by atoms with van der Waals surface area (Å²) in [6, 6.07) is 7.11. The highest BCUT2D eigenvalue weighted by atomic mass is 16.5. The lowest BCUT2D eigenvalue weighted by molar-refractivity contribution is 0.0941. The van der Waals surface area contributed by atoms with Gasteiger partial charge in [-0.1, -0.05) is 5.16 Å². The standard InChI is InChI=1S/C21H23N3O4/c1-11(15-9-14(26-3)7-8-18(15)27-4)22-20(25)16-10-17(13-5-6-13)23-21-19(16)12(2)24-28-21/h7-11,13H,5-6H2,1-4H3,(H,22,25)/t11-/m0/s1. The number of aryl methyl sites for hydroxylation is 1. The van der Waals surface area contributed by atoms with Gasteiger partial charge in [-0.15, -0.1) is 0 Å². The Bertz CT molecular complexity index is 1040. The first-order valence-electron chi connectivity index (χ1n) is 9.31. The molecule has 0 spiro atoms. The Kier molecular flexibility index (Phi) is 4.66. The molecule has 1 saturated carbocycles. The number of hydrogen-bond acceptors (Lipinski definition) is 6. The summed E-state index contributed by atoms with van der Waals surface area (Å²) in [7, 11) is 3.21. The molecule has 0 radical (unpaired) electrons. The third-order valence-corrected chi connectivity index (χ3v) is 5.13. The molecule has 146 valence electrons. The lowest BCUT2D eigenvalue weighted by Gasteiger charge is -2.18. The van der Waals surface area contributed by atoms with Crippen molar-refractivity contribution in [3.8, 4) is 11.5 Å². The number of rotatable bonds is 6. The fourth-order valence-electron chi connectivity index (χ4n) is 3.41. The zero-order valence-corrected chi connectivity index (χ0v) is 16.4. The summed E-state index contributed by atoms with van der Waals surface area (Å²) in [6.45, 7) is 3.73. The van der Waals surface area contributed by atoms with Crippen LogP contribution in [0.1, 0.15) is 59.0 Å². The zero-order chi connectivity index (χ0) is 19.8.